The molecule has 0 atom stereocenters. The lowest BCUT2D eigenvalue weighted by Gasteiger charge is -2.14. The topological polar surface area (TPSA) is 66.4 Å². The molecule has 114 valence electrons. The van der Waals surface area contributed by atoms with Crippen LogP contribution in [0, 0.1) is 17.6 Å². The zero-order chi connectivity index (χ0) is 15.3. The Morgan fingerprint density at radius 3 is 2.35 bits per heavy atom. The van der Waals surface area contributed by atoms with E-state index in [1.807, 2.05) is 13.8 Å². The number of aliphatic hydroxyl groups excluding tert-OH is 1. The minimum atomic E-state index is -4.06. The van der Waals surface area contributed by atoms with Crippen molar-refractivity contribution in [3.05, 3.63) is 29.3 Å². The van der Waals surface area contributed by atoms with Crippen LogP contribution in [-0.4, -0.2) is 20.1 Å². The van der Waals surface area contributed by atoms with Crippen LogP contribution in [0.2, 0.25) is 0 Å². The van der Waals surface area contributed by atoms with E-state index in [1.54, 1.807) is 0 Å². The highest BCUT2D eigenvalue weighted by molar-refractivity contribution is 7.89. The van der Waals surface area contributed by atoms with Crippen molar-refractivity contribution in [2.45, 2.75) is 38.2 Å². The van der Waals surface area contributed by atoms with E-state index in [2.05, 4.69) is 4.72 Å². The zero-order valence-electron chi connectivity index (χ0n) is 11.5. The molecule has 0 spiro atoms. The molecular weight excluding hydrogens is 288 g/mol. The van der Waals surface area contributed by atoms with Crippen LogP contribution in [0.5, 0.6) is 0 Å². The van der Waals surface area contributed by atoms with E-state index in [9.17, 15) is 17.2 Å². The van der Waals surface area contributed by atoms with Gasteiger partial charge in [-0.25, -0.2) is 21.9 Å². The molecule has 0 heterocycles. The van der Waals surface area contributed by atoms with Gasteiger partial charge in [-0.3, -0.25) is 0 Å². The molecule has 20 heavy (non-hydrogen) atoms. The molecule has 0 unspecified atom stereocenters. The molecular formula is C13H19F2NO3S. The molecule has 1 aromatic rings. The van der Waals surface area contributed by atoms with Crippen molar-refractivity contribution in [3.63, 3.8) is 0 Å². The number of halogens is 2. The van der Waals surface area contributed by atoms with Crippen LogP contribution >= 0.6 is 0 Å². The van der Waals surface area contributed by atoms with E-state index < -0.39 is 38.7 Å². The smallest absolute Gasteiger partial charge is 0.243 e. The molecule has 0 aliphatic heterocycles. The first-order valence-electron chi connectivity index (χ1n) is 6.44. The predicted octanol–water partition coefficient (Wildman–Crippen LogP) is 2.17. The van der Waals surface area contributed by atoms with Gasteiger partial charge in [0.05, 0.1) is 12.2 Å². The molecule has 0 aliphatic carbocycles. The maximum atomic E-state index is 13.9. The van der Waals surface area contributed by atoms with Gasteiger partial charge in [0.25, 0.3) is 0 Å². The fourth-order valence-corrected chi connectivity index (χ4v) is 3.03. The predicted molar refractivity (Wildman–Crippen MR) is 71.5 cm³/mol. The normalized spacial score (nSPS) is 12.1. The summed E-state index contributed by atoms with van der Waals surface area (Å²) in [5, 5.41) is 8.89. The Labute approximate surface area is 117 Å². The van der Waals surface area contributed by atoms with E-state index >= 15 is 0 Å². The largest absolute Gasteiger partial charge is 0.391 e. The number of hydrogen-bond donors (Lipinski definition) is 2. The van der Waals surface area contributed by atoms with Gasteiger partial charge in [0.2, 0.25) is 10.0 Å². The Morgan fingerprint density at radius 1 is 1.25 bits per heavy atom. The van der Waals surface area contributed by atoms with Crippen molar-refractivity contribution in [1.29, 1.82) is 0 Å². The summed E-state index contributed by atoms with van der Waals surface area (Å²) in [6.07, 6.45) is 1.60. The zero-order valence-corrected chi connectivity index (χ0v) is 12.3. The molecule has 1 rings (SSSR count). The van der Waals surface area contributed by atoms with Crippen molar-refractivity contribution in [3.8, 4) is 0 Å². The molecule has 7 heteroatoms. The molecule has 0 aromatic heterocycles. The van der Waals surface area contributed by atoms with E-state index in [-0.39, 0.29) is 12.5 Å². The Hall–Kier alpha value is -1.05. The second-order valence-corrected chi connectivity index (χ2v) is 6.27. The molecule has 2 N–H and O–H groups in total. The minimum absolute atomic E-state index is 0.158. The van der Waals surface area contributed by atoms with Gasteiger partial charge in [0.1, 0.15) is 10.7 Å². The van der Waals surface area contributed by atoms with Crippen molar-refractivity contribution in [1.82, 2.24) is 4.72 Å². The lowest BCUT2D eigenvalue weighted by atomic mass is 10.0. The summed E-state index contributed by atoms with van der Waals surface area (Å²) in [6, 6.07) is 1.69. The number of benzene rings is 1. The maximum absolute atomic E-state index is 13.9. The molecule has 0 amide bonds. The lowest BCUT2D eigenvalue weighted by Crippen LogP contribution is -2.30. The van der Waals surface area contributed by atoms with Crippen LogP contribution < -0.4 is 4.72 Å². The highest BCUT2D eigenvalue weighted by Gasteiger charge is 2.23. The molecule has 0 saturated heterocycles. The number of aliphatic hydroxyl groups is 1. The van der Waals surface area contributed by atoms with Gasteiger partial charge >= 0.3 is 0 Å². The fourth-order valence-electron chi connectivity index (χ4n) is 1.81. The summed E-state index contributed by atoms with van der Waals surface area (Å²) in [6.45, 7) is 3.17. The van der Waals surface area contributed by atoms with Crippen molar-refractivity contribution in [2.75, 3.05) is 6.54 Å². The highest BCUT2D eigenvalue weighted by atomic mass is 32.2. The SMILES string of the molecule is CCC(CC)CNS(=O)(=O)c1ccc(F)c(CO)c1F. The summed E-state index contributed by atoms with van der Waals surface area (Å²) >= 11 is 0. The molecule has 0 radical (unpaired) electrons. The van der Waals surface area contributed by atoms with Crippen molar-refractivity contribution < 1.29 is 22.3 Å². The van der Waals surface area contributed by atoms with Crippen LogP contribution in [0.4, 0.5) is 8.78 Å². The fraction of sp³-hybridized carbons (Fsp3) is 0.538. The molecule has 0 aliphatic rings. The average Bonchev–Trinajstić information content (AvgIpc) is 2.40. The van der Waals surface area contributed by atoms with Crippen molar-refractivity contribution >= 4 is 10.0 Å². The van der Waals surface area contributed by atoms with Gasteiger partial charge in [-0.2, -0.15) is 0 Å². The second-order valence-electron chi connectivity index (χ2n) is 4.53. The Balaban J connectivity index is 3.04. The average molecular weight is 307 g/mol. The summed E-state index contributed by atoms with van der Waals surface area (Å²) in [4.78, 5) is -0.645. The van der Waals surface area contributed by atoms with Gasteiger partial charge < -0.3 is 5.11 Å². The Morgan fingerprint density at radius 2 is 1.85 bits per heavy atom. The van der Waals surface area contributed by atoms with Crippen LogP contribution in [0.15, 0.2) is 17.0 Å². The summed E-state index contributed by atoms with van der Waals surface area (Å²) in [5.41, 5.74) is -0.643. The quantitative estimate of drug-likeness (QED) is 0.811. The molecule has 4 nitrogen and oxygen atoms in total. The van der Waals surface area contributed by atoms with Crippen LogP contribution in [0.3, 0.4) is 0 Å². The molecule has 0 fully saturated rings. The number of hydrogen-bond acceptors (Lipinski definition) is 3. The minimum Gasteiger partial charge on any atom is -0.391 e. The van der Waals surface area contributed by atoms with E-state index in [0.29, 0.717) is 0 Å². The van der Waals surface area contributed by atoms with E-state index in [1.165, 1.54) is 0 Å². The Bertz CT molecular complexity index is 557. The second kappa shape index (κ2) is 7.10. The first-order chi connectivity index (χ1) is 9.37. The first-order valence-corrected chi connectivity index (χ1v) is 7.93. The third kappa shape index (κ3) is 3.74. The van der Waals surface area contributed by atoms with E-state index in [4.69, 9.17) is 5.11 Å². The number of nitrogens with one attached hydrogen (secondary N) is 1. The third-order valence-corrected chi connectivity index (χ3v) is 4.76. The summed E-state index contributed by atoms with van der Waals surface area (Å²) in [7, 11) is -4.06. The van der Waals surface area contributed by atoms with Gasteiger partial charge in [-0.15, -0.1) is 0 Å². The summed E-state index contributed by atoms with van der Waals surface area (Å²) in [5.74, 6) is -2.06. The molecule has 0 bridgehead atoms. The summed E-state index contributed by atoms with van der Waals surface area (Å²) < 4.78 is 53.5. The van der Waals surface area contributed by atoms with E-state index in [0.717, 1.165) is 25.0 Å². The first kappa shape index (κ1) is 17.0. The van der Waals surface area contributed by atoms with Crippen LogP contribution in [0.25, 0.3) is 0 Å². The van der Waals surface area contributed by atoms with Gasteiger partial charge in [-0.1, -0.05) is 26.7 Å². The third-order valence-electron chi connectivity index (χ3n) is 3.31. The number of rotatable bonds is 7. The van der Waals surface area contributed by atoms with Gasteiger partial charge in [0.15, 0.2) is 5.82 Å². The monoisotopic (exact) mass is 307 g/mol. The molecule has 0 saturated carbocycles. The van der Waals surface area contributed by atoms with Gasteiger partial charge in [-0.05, 0) is 18.1 Å². The van der Waals surface area contributed by atoms with Crippen molar-refractivity contribution in [2.24, 2.45) is 5.92 Å². The standard InChI is InChI=1S/C13H19F2NO3S/c1-3-9(4-2)7-16-20(18,19)12-6-5-11(14)10(8-17)13(12)15/h5-6,9,16-17H,3-4,7-8H2,1-2H3. The van der Waals surface area contributed by atoms with Crippen LogP contribution in [-0.2, 0) is 16.6 Å². The number of sulfonamides is 1. The highest BCUT2D eigenvalue weighted by Crippen LogP contribution is 2.21. The Kier molecular flexibility index (Phi) is 6.04. The van der Waals surface area contributed by atoms with Crippen LogP contribution in [0.1, 0.15) is 32.3 Å². The maximum Gasteiger partial charge on any atom is 0.243 e. The lowest BCUT2D eigenvalue weighted by molar-refractivity contribution is 0.267. The van der Waals surface area contributed by atoms with Gasteiger partial charge in [0, 0.05) is 6.54 Å². The molecule has 1 aromatic carbocycles.